The molecule has 4 heteroatoms. The van der Waals surface area contributed by atoms with Gasteiger partial charge in [-0.3, -0.25) is 0 Å². The molecule has 1 saturated heterocycles. The summed E-state index contributed by atoms with van der Waals surface area (Å²) in [6.45, 7) is 2.00. The van der Waals surface area contributed by atoms with Crippen molar-refractivity contribution in [1.29, 1.82) is 0 Å². The van der Waals surface area contributed by atoms with E-state index in [0.717, 1.165) is 58.1 Å². The fraction of sp³-hybridized carbons (Fsp3) is 0.120. The van der Waals surface area contributed by atoms with Gasteiger partial charge in [0.15, 0.2) is 0 Å². The summed E-state index contributed by atoms with van der Waals surface area (Å²) in [5.74, 6) is 8.93. The van der Waals surface area contributed by atoms with Crippen LogP contribution >= 0.6 is 0 Å². The summed E-state index contributed by atoms with van der Waals surface area (Å²) >= 11 is -4.09. The maximum absolute atomic E-state index is 5.46. The van der Waals surface area contributed by atoms with Gasteiger partial charge in [-0.1, -0.05) is 0 Å². The van der Waals surface area contributed by atoms with Gasteiger partial charge in [0.1, 0.15) is 0 Å². The Morgan fingerprint density at radius 1 is 0.426 bits per heavy atom. The van der Waals surface area contributed by atoms with Gasteiger partial charge in [0, 0.05) is 13.2 Å². The molecule has 6 aromatic rings. The quantitative estimate of drug-likeness (QED) is 0.125. The number of hydrogen-bond donors (Lipinski definition) is 0. The summed E-state index contributed by atoms with van der Waals surface area (Å²) in [5, 5.41) is 0. The van der Waals surface area contributed by atoms with E-state index >= 15 is 0 Å². The molecule has 0 amide bonds. The summed E-state index contributed by atoms with van der Waals surface area (Å²) in [7, 11) is 3.37. The van der Waals surface area contributed by atoms with Crippen molar-refractivity contribution in [3.63, 3.8) is 0 Å². The minimum absolute atomic E-state index is 0.800. The number of rotatable bonds is 6. The Balaban J connectivity index is 0.000000833. The van der Waals surface area contributed by atoms with E-state index in [1.807, 2.05) is 48.5 Å². The van der Waals surface area contributed by atoms with Crippen LogP contribution in [0.25, 0.3) is 20.0 Å². The first-order valence-electron chi connectivity index (χ1n) is 18.3. The minimum atomic E-state index is -4.09. The zero-order valence-corrected chi connectivity index (χ0v) is 32.8. The molecule has 0 radical (unpaired) electrons. The Kier molecular flexibility index (Phi) is 11.9. The second-order valence-electron chi connectivity index (χ2n) is 13.0. The number of benzene rings is 6. The van der Waals surface area contributed by atoms with E-state index in [-0.39, 0.29) is 0 Å². The Morgan fingerprint density at radius 2 is 0.759 bits per heavy atom. The van der Waals surface area contributed by atoms with Gasteiger partial charge in [0.05, 0.1) is 0 Å². The predicted molar refractivity (Wildman–Crippen MR) is 225 cm³/mol. The number of methoxy groups -OCH3 is 2. The molecule has 8 rings (SSSR count). The van der Waals surface area contributed by atoms with Crippen molar-refractivity contribution >= 4 is 33.2 Å². The number of allylic oxidation sites excluding steroid dienone is 2. The zero-order valence-electron chi connectivity index (χ0n) is 30.7. The molecule has 1 fully saturated rings. The first-order valence-corrected chi connectivity index (χ1v) is 22.5. The molecule has 6 aromatic carbocycles. The summed E-state index contributed by atoms with van der Waals surface area (Å²) < 4.78 is 26.4. The van der Waals surface area contributed by atoms with Gasteiger partial charge in [0.25, 0.3) is 0 Å². The molecule has 264 valence electrons. The normalized spacial score (nSPS) is 14.2. The molecular weight excluding hydrogens is 721 g/mol. The molecule has 2 heterocycles. The summed E-state index contributed by atoms with van der Waals surface area (Å²) in [4.78, 5) is 0. The third-order valence-corrected chi connectivity index (χ3v) is 17.1. The van der Waals surface area contributed by atoms with Gasteiger partial charge in [-0.05, 0) is 12.8 Å². The van der Waals surface area contributed by atoms with Crippen LogP contribution < -0.4 is 9.47 Å². The zero-order chi connectivity index (χ0) is 37.0. The molecule has 0 aliphatic carbocycles. The summed E-state index contributed by atoms with van der Waals surface area (Å²) in [6, 6.07) is 59.0. The van der Waals surface area contributed by atoms with Crippen LogP contribution in [0.5, 0.6) is 11.5 Å². The van der Waals surface area contributed by atoms with E-state index < -0.39 is 13.3 Å². The van der Waals surface area contributed by atoms with Crippen molar-refractivity contribution in [3.8, 4) is 32.8 Å². The molecule has 0 spiro atoms. The molecule has 54 heavy (non-hydrogen) atoms. The van der Waals surface area contributed by atoms with Gasteiger partial charge in [0.2, 0.25) is 0 Å². The van der Waals surface area contributed by atoms with Crippen molar-refractivity contribution in [2.75, 3.05) is 27.4 Å². The molecule has 0 bridgehead atoms. The van der Waals surface area contributed by atoms with Gasteiger partial charge in [-0.25, -0.2) is 0 Å². The van der Waals surface area contributed by atoms with Crippen LogP contribution in [-0.2, 0) is 4.74 Å². The first kappa shape index (κ1) is 36.4. The van der Waals surface area contributed by atoms with Crippen LogP contribution in [0.15, 0.2) is 170 Å². The Bertz CT molecular complexity index is 2160. The topological polar surface area (TPSA) is 27.7 Å². The maximum atomic E-state index is 5.46. The fourth-order valence-corrected chi connectivity index (χ4v) is 15.3. The van der Waals surface area contributed by atoms with E-state index in [4.69, 9.17) is 14.2 Å². The standard InChI is InChI=1S/C46H34GeO2.C4H8O/c1-48-41-27-23-35(24-28-41)31-33-47(34-32-36-25-29-42(49-2)30-26-36)45(39-19-11-5-12-20-39)43(37-15-7-3-8-16-37)44(38-17-9-4-10-18-38)46(47)40-21-13-6-14-22-40;1-2-4-5-3-1/h3-30H,1-2H3;1-4H2. The van der Waals surface area contributed by atoms with Crippen molar-refractivity contribution < 1.29 is 14.2 Å². The van der Waals surface area contributed by atoms with Crippen LogP contribution in [0.3, 0.4) is 0 Å². The number of ether oxygens (including phenoxy) is 3. The number of hydrogen-bond acceptors (Lipinski definition) is 3. The molecule has 2 aliphatic heterocycles. The van der Waals surface area contributed by atoms with Crippen LogP contribution in [0.2, 0.25) is 0 Å². The molecular formula is C50H42GeO3. The molecule has 0 unspecified atom stereocenters. The molecule has 2 aliphatic rings. The van der Waals surface area contributed by atoms with E-state index in [1.54, 1.807) is 14.2 Å². The van der Waals surface area contributed by atoms with Gasteiger partial charge in [-0.15, -0.1) is 0 Å². The Hall–Kier alpha value is -5.98. The SMILES string of the molecule is C1CCOC1.COc1ccc(C#[C][Ge]2([C]#Cc3ccc(OC)cc3)[C](c3ccccc3)=C(c3ccccc3)C(c3ccccc3)=[C]2c2ccccc2)cc1. The van der Waals surface area contributed by atoms with Gasteiger partial charge >= 0.3 is 293 Å². The average Bonchev–Trinajstić information content (AvgIpc) is 3.94. The van der Waals surface area contributed by atoms with Crippen LogP contribution in [0.4, 0.5) is 0 Å². The monoisotopic (exact) mass is 764 g/mol. The fourth-order valence-electron chi connectivity index (χ4n) is 6.94. The third-order valence-electron chi connectivity index (χ3n) is 9.55. The molecule has 0 atom stereocenters. The van der Waals surface area contributed by atoms with Crippen molar-refractivity contribution in [2.24, 2.45) is 0 Å². The first-order chi connectivity index (χ1) is 26.7. The third kappa shape index (κ3) is 8.14. The summed E-state index contributed by atoms with van der Waals surface area (Å²) in [6.07, 6.45) is 2.56. The average molecular weight is 763 g/mol. The van der Waals surface area contributed by atoms with Crippen LogP contribution in [0.1, 0.15) is 46.2 Å². The van der Waals surface area contributed by atoms with Crippen molar-refractivity contribution in [1.82, 2.24) is 0 Å². The second kappa shape index (κ2) is 17.7. The molecule has 0 aromatic heterocycles. The van der Waals surface area contributed by atoms with E-state index in [0.29, 0.717) is 0 Å². The molecule has 3 nitrogen and oxygen atoms in total. The Morgan fingerprint density at radius 3 is 1.06 bits per heavy atom. The van der Waals surface area contributed by atoms with Crippen LogP contribution in [0, 0.1) is 21.3 Å². The van der Waals surface area contributed by atoms with Crippen LogP contribution in [-0.4, -0.2) is 40.7 Å². The second-order valence-corrected chi connectivity index (χ2v) is 19.3. The summed E-state index contributed by atoms with van der Waals surface area (Å²) in [5.41, 5.74) is 8.84. The van der Waals surface area contributed by atoms with E-state index in [2.05, 4.69) is 143 Å². The predicted octanol–water partition coefficient (Wildman–Crippen LogP) is 10.7. The van der Waals surface area contributed by atoms with E-state index in [9.17, 15) is 0 Å². The Labute approximate surface area is 322 Å². The van der Waals surface area contributed by atoms with Gasteiger partial charge in [-0.2, -0.15) is 0 Å². The molecule has 0 saturated carbocycles. The van der Waals surface area contributed by atoms with Crippen molar-refractivity contribution in [3.05, 3.63) is 203 Å². The van der Waals surface area contributed by atoms with Gasteiger partial charge < -0.3 is 4.74 Å². The van der Waals surface area contributed by atoms with E-state index in [1.165, 1.54) is 32.8 Å². The molecule has 0 N–H and O–H groups in total. The van der Waals surface area contributed by atoms with Crippen molar-refractivity contribution in [2.45, 2.75) is 12.8 Å².